The van der Waals surface area contributed by atoms with Gasteiger partial charge in [-0.3, -0.25) is 4.79 Å². The first-order chi connectivity index (χ1) is 26.7. The fourth-order valence-corrected chi connectivity index (χ4v) is 4.76. The molecule has 56 heavy (non-hydrogen) atoms. The van der Waals surface area contributed by atoms with Crippen LogP contribution in [0, 0.1) is 5.82 Å². The number of halogens is 2. The van der Waals surface area contributed by atoms with E-state index in [-0.39, 0.29) is 54.7 Å². The average Bonchev–Trinajstić information content (AvgIpc) is 3.57. The molecule has 0 saturated heterocycles. The number of esters is 1. The Morgan fingerprint density at radius 2 is 1.79 bits per heavy atom. The second kappa shape index (κ2) is 19.7. The molecule has 0 aliphatic carbocycles. The van der Waals surface area contributed by atoms with Gasteiger partial charge < -0.3 is 44.2 Å². The first-order valence-corrected chi connectivity index (χ1v) is 16.9. The fourth-order valence-electron chi connectivity index (χ4n) is 4.76. The molecular formula is C36H42F2N8O10. The highest BCUT2D eigenvalue weighted by Crippen LogP contribution is 2.36. The molecular weight excluding hydrogens is 742 g/mol. The maximum absolute atomic E-state index is 16.6. The van der Waals surface area contributed by atoms with Gasteiger partial charge in [-0.2, -0.15) is 15.4 Å². The van der Waals surface area contributed by atoms with Gasteiger partial charge in [0, 0.05) is 56.0 Å². The molecule has 4 N–H and O–H groups in total. The van der Waals surface area contributed by atoms with Gasteiger partial charge in [-0.25, -0.2) is 33.3 Å². The van der Waals surface area contributed by atoms with Gasteiger partial charge in [0.1, 0.15) is 50.9 Å². The van der Waals surface area contributed by atoms with Gasteiger partial charge in [0.15, 0.2) is 11.6 Å². The van der Waals surface area contributed by atoms with E-state index < -0.39 is 55.3 Å². The van der Waals surface area contributed by atoms with Gasteiger partial charge in [-0.05, 0) is 48.9 Å². The fraction of sp³-hybridized carbons (Fsp3) is 0.361. The Morgan fingerprint density at radius 1 is 1.07 bits per heavy atom. The summed E-state index contributed by atoms with van der Waals surface area (Å²) < 4.78 is 66.2. The molecule has 0 bridgehead atoms. The van der Waals surface area contributed by atoms with E-state index in [4.69, 9.17) is 34.2 Å². The molecule has 0 fully saturated rings. The number of hydrogen-bond acceptors (Lipinski definition) is 16. The van der Waals surface area contributed by atoms with Gasteiger partial charge >= 0.3 is 24.2 Å². The molecule has 1 aromatic heterocycles. The summed E-state index contributed by atoms with van der Waals surface area (Å²) in [6.45, 7) is 7.58. The Labute approximate surface area is 320 Å². The van der Waals surface area contributed by atoms with Crippen molar-refractivity contribution in [2.24, 2.45) is 15.7 Å². The third kappa shape index (κ3) is 12.2. The molecule has 1 unspecified atom stereocenters. The zero-order valence-electron chi connectivity index (χ0n) is 31.2. The second-order valence-electron chi connectivity index (χ2n) is 12.2. The number of benzene rings is 2. The molecule has 1 amide bonds. The number of ether oxygens (including phenoxy) is 7. The van der Waals surface area contributed by atoms with E-state index in [1.807, 2.05) is 0 Å². The lowest BCUT2D eigenvalue weighted by Crippen LogP contribution is -2.48. The number of methoxy groups -OCH3 is 1. The van der Waals surface area contributed by atoms with Crippen molar-refractivity contribution in [2.45, 2.75) is 45.7 Å². The minimum Gasteiger partial charge on any atom is -0.497 e. The quantitative estimate of drug-likeness (QED) is 0.0321. The Morgan fingerprint density at radius 3 is 2.43 bits per heavy atom. The zero-order valence-corrected chi connectivity index (χ0v) is 31.2. The van der Waals surface area contributed by atoms with Crippen LogP contribution in [0.25, 0.3) is 0 Å². The highest BCUT2D eigenvalue weighted by molar-refractivity contribution is 6.03. The Bertz CT molecular complexity index is 1920. The number of alkyl halides is 1. The number of nitrogens with one attached hydrogen (secondary N) is 2. The summed E-state index contributed by atoms with van der Waals surface area (Å²) >= 11 is 0. The molecule has 18 nitrogen and oxygen atoms in total. The van der Waals surface area contributed by atoms with Crippen LogP contribution >= 0.6 is 0 Å². The number of nitrogens with zero attached hydrogens (tertiary/aromatic N) is 5. The zero-order chi connectivity index (χ0) is 40.8. The van der Waals surface area contributed by atoms with E-state index in [9.17, 15) is 18.8 Å². The van der Waals surface area contributed by atoms with E-state index >= 15 is 4.39 Å². The lowest BCUT2D eigenvalue weighted by molar-refractivity contribution is -0.142. The lowest BCUT2D eigenvalue weighted by atomic mass is 10.0. The summed E-state index contributed by atoms with van der Waals surface area (Å²) in [5, 5.41) is 4.50. The van der Waals surface area contributed by atoms with Crippen LogP contribution < -0.4 is 31.0 Å². The van der Waals surface area contributed by atoms with Crippen molar-refractivity contribution < 1.29 is 56.3 Å². The highest BCUT2D eigenvalue weighted by Gasteiger charge is 2.40. The summed E-state index contributed by atoms with van der Waals surface area (Å²) in [5.74, 6) is -3.18. The molecule has 3 aromatic rings. The van der Waals surface area contributed by atoms with E-state index in [1.54, 1.807) is 37.3 Å². The molecule has 0 radical (unpaired) electrons. The number of amidine groups is 2. The van der Waals surface area contributed by atoms with Crippen molar-refractivity contribution in [3.05, 3.63) is 84.0 Å². The summed E-state index contributed by atoms with van der Waals surface area (Å²) in [6.07, 6.45) is -0.312. The monoisotopic (exact) mass is 784 g/mol. The molecule has 2 aromatic carbocycles. The van der Waals surface area contributed by atoms with Crippen LogP contribution in [0.15, 0.2) is 77.0 Å². The predicted octanol–water partition coefficient (Wildman–Crippen LogP) is 4.72. The van der Waals surface area contributed by atoms with Gasteiger partial charge in [0.2, 0.25) is 5.95 Å². The summed E-state index contributed by atoms with van der Waals surface area (Å²) in [4.78, 5) is 52.5. The number of carbonyl (C=O) groups excluding carboxylic acids is 3. The Hall–Kier alpha value is -6.57. The Kier molecular flexibility index (Phi) is 14.8. The predicted molar refractivity (Wildman–Crippen MR) is 197 cm³/mol. The van der Waals surface area contributed by atoms with Gasteiger partial charge in [0.25, 0.3) is 5.79 Å². The van der Waals surface area contributed by atoms with Crippen LogP contribution in [0.1, 0.15) is 44.9 Å². The van der Waals surface area contributed by atoms with Crippen molar-refractivity contribution >= 4 is 41.7 Å². The van der Waals surface area contributed by atoms with E-state index in [0.29, 0.717) is 16.8 Å². The van der Waals surface area contributed by atoms with Crippen molar-refractivity contribution in [3.63, 3.8) is 0 Å². The minimum absolute atomic E-state index is 0.0148. The molecule has 2 atom stereocenters. The molecule has 0 saturated carbocycles. The van der Waals surface area contributed by atoms with Crippen LogP contribution in [-0.4, -0.2) is 92.2 Å². The number of rotatable bonds is 17. The molecule has 2 heterocycles. The third-order valence-corrected chi connectivity index (χ3v) is 7.15. The standard InChI is InChI=1S/C36H42F2N8O10/c1-21(2)20-54-34(48)43-30(39)23-8-10-24(11-9-23)42-29(26-18-25(50-6)19-27(28(26)38)52-17-16-51-22(3)47)31-44-33(46(45-31)32-40-13-7-14-41-32)55-36(4,5)56-35(49)53-15-12-37/h7-11,13-14,18-19,29,31,42,45H,1,12,15-17,20H2,2-6H3,(H2,39,43,48)/t29-,31?/m1/s1. The molecule has 1 aliphatic heterocycles. The number of hydrazine groups is 1. The van der Waals surface area contributed by atoms with Crippen molar-refractivity contribution in [3.8, 4) is 11.5 Å². The SMILES string of the molecule is C=C(C)COC(=O)N=C(N)c1ccc(N[C@H](c2cc(OC)cc(OCCOC(C)=O)c2F)C2N=C(OC(C)(C)OC(=O)OCCF)N(c3ncccn3)N2)cc1. The molecule has 20 heteroatoms. The van der Waals surface area contributed by atoms with Crippen LogP contribution in [0.5, 0.6) is 11.5 Å². The van der Waals surface area contributed by atoms with Gasteiger partial charge in [0.05, 0.1) is 13.2 Å². The maximum atomic E-state index is 16.6. The van der Waals surface area contributed by atoms with Crippen molar-refractivity contribution in [2.75, 3.05) is 50.5 Å². The number of carbonyl (C=O) groups is 3. The van der Waals surface area contributed by atoms with Crippen molar-refractivity contribution in [1.29, 1.82) is 0 Å². The number of nitrogens with two attached hydrogens (primary N) is 1. The van der Waals surface area contributed by atoms with Crippen LogP contribution in [0.4, 0.5) is 30.0 Å². The van der Waals surface area contributed by atoms with E-state index in [0.717, 1.165) is 0 Å². The first kappa shape index (κ1) is 42.2. The average molecular weight is 785 g/mol. The molecule has 1 aliphatic rings. The highest BCUT2D eigenvalue weighted by atomic mass is 19.1. The summed E-state index contributed by atoms with van der Waals surface area (Å²) in [6, 6.07) is 9.34. The lowest BCUT2D eigenvalue weighted by Gasteiger charge is -2.28. The molecule has 4 rings (SSSR count). The Balaban J connectivity index is 1.75. The van der Waals surface area contributed by atoms with E-state index in [2.05, 4.69) is 42.0 Å². The maximum Gasteiger partial charge on any atom is 0.511 e. The van der Waals surface area contributed by atoms with Crippen LogP contribution in [0.2, 0.25) is 0 Å². The largest absolute Gasteiger partial charge is 0.511 e. The first-order valence-electron chi connectivity index (χ1n) is 16.9. The molecule has 0 spiro atoms. The second-order valence-corrected chi connectivity index (χ2v) is 12.2. The number of anilines is 2. The number of hydrogen-bond donors (Lipinski definition) is 3. The number of aliphatic imine (C=N–C) groups is 2. The molecule has 300 valence electrons. The van der Waals surface area contributed by atoms with Crippen LogP contribution in [-0.2, 0) is 28.5 Å². The summed E-state index contributed by atoms with van der Waals surface area (Å²) in [5.41, 5.74) is 10.6. The van der Waals surface area contributed by atoms with Gasteiger partial charge in [-0.15, -0.1) is 0 Å². The minimum atomic E-state index is -1.74. The topological polar surface area (TPSA) is 220 Å². The normalized spacial score (nSPS) is 14.6. The smallest absolute Gasteiger partial charge is 0.497 e. The van der Waals surface area contributed by atoms with Crippen molar-refractivity contribution in [1.82, 2.24) is 15.4 Å². The van der Waals surface area contributed by atoms with Gasteiger partial charge in [-0.1, -0.05) is 6.58 Å². The third-order valence-electron chi connectivity index (χ3n) is 7.15. The summed E-state index contributed by atoms with van der Waals surface area (Å²) in [7, 11) is 1.38. The van der Waals surface area contributed by atoms with E-state index in [1.165, 1.54) is 57.4 Å². The van der Waals surface area contributed by atoms with Crippen LogP contribution in [0.3, 0.4) is 0 Å². The number of aromatic nitrogens is 2. The number of amides is 1.